The summed E-state index contributed by atoms with van der Waals surface area (Å²) in [6, 6.07) is 0. The van der Waals surface area contributed by atoms with Crippen LogP contribution < -0.4 is 0 Å². The molecule has 0 unspecified atom stereocenters. The average Bonchev–Trinajstić information content (AvgIpc) is 2.89. The Labute approximate surface area is 203 Å². The Balaban J connectivity index is -0.0000000892. The van der Waals surface area contributed by atoms with Crippen LogP contribution in [-0.2, 0) is 4.79 Å². The molecular weight excluding hydrogens is 392 g/mol. The number of carboxylic acid groups (broad SMARTS) is 1. The van der Waals surface area contributed by atoms with E-state index in [1.807, 2.05) is 0 Å². The van der Waals surface area contributed by atoms with E-state index >= 15 is 0 Å². The van der Waals surface area contributed by atoms with Crippen LogP contribution in [0, 0.1) is 0 Å². The minimum atomic E-state index is -0.664. The first-order valence-corrected chi connectivity index (χ1v) is 11.6. The Bertz CT molecular complexity index is 294. The predicted molar refractivity (Wildman–Crippen MR) is 155 cm³/mol. The van der Waals surface area contributed by atoms with E-state index in [0.717, 1.165) is 12.8 Å². The second kappa shape index (κ2) is 79.0. The molecule has 0 saturated carbocycles. The van der Waals surface area contributed by atoms with Crippen molar-refractivity contribution in [2.24, 2.45) is 0 Å². The summed E-state index contributed by atoms with van der Waals surface area (Å²) in [7, 11) is 0. The van der Waals surface area contributed by atoms with Gasteiger partial charge < -0.3 is 5.11 Å². The summed E-state index contributed by atoms with van der Waals surface area (Å²) in [5.74, 6) is -0.664. The molecule has 0 rings (SSSR count). The van der Waals surface area contributed by atoms with Gasteiger partial charge in [-0.2, -0.15) is 0 Å². The van der Waals surface area contributed by atoms with Gasteiger partial charge in [0.05, 0.1) is 0 Å². The number of aliphatic carboxylic acids is 1. The normalized spacial score (nSPS) is 7.78. The minimum Gasteiger partial charge on any atom is -0.481 e. The number of carboxylic acids is 1. The Kier molecular flexibility index (Phi) is 117. The summed E-state index contributed by atoms with van der Waals surface area (Å²) < 4.78 is 0. The molecule has 0 aliphatic heterocycles. The van der Waals surface area contributed by atoms with Gasteiger partial charge >= 0.3 is 5.97 Å². The Morgan fingerprint density at radius 2 is 0.812 bits per heavy atom. The largest absolute Gasteiger partial charge is 0.481 e. The maximum Gasteiger partial charge on any atom is 0.303 e. The fourth-order valence-corrected chi connectivity index (χ4v) is 2.35. The van der Waals surface area contributed by atoms with Crippen LogP contribution in [0.25, 0.3) is 0 Å². The molecule has 0 saturated heterocycles. The van der Waals surface area contributed by atoms with Gasteiger partial charge in [-0.3, -0.25) is 4.79 Å². The Hall–Kier alpha value is -2.35. The lowest BCUT2D eigenvalue weighted by molar-refractivity contribution is -0.137. The molecule has 1 N–H and O–H groups in total. The molecule has 190 valence electrons. The van der Waals surface area contributed by atoms with E-state index in [0.29, 0.717) is 6.42 Å². The van der Waals surface area contributed by atoms with Gasteiger partial charge in [0.15, 0.2) is 0 Å². The lowest BCUT2D eigenvalue weighted by Crippen LogP contribution is -1.93. The van der Waals surface area contributed by atoms with Crippen LogP contribution in [0.5, 0.6) is 0 Å². The van der Waals surface area contributed by atoms with E-state index in [4.69, 9.17) is 5.11 Å². The highest BCUT2D eigenvalue weighted by atomic mass is 16.4. The molecule has 2 heteroatoms. The molecule has 0 atom stereocenters. The maximum absolute atomic E-state index is 10.3. The molecule has 32 heavy (non-hydrogen) atoms. The molecule has 0 aromatic carbocycles. The Morgan fingerprint density at radius 1 is 0.531 bits per heavy atom. The van der Waals surface area contributed by atoms with Crippen molar-refractivity contribution in [3.05, 3.63) is 91.1 Å². The molecule has 0 aromatic heterocycles. The summed E-state index contributed by atoms with van der Waals surface area (Å²) in [5, 5.41) is 8.51. The van der Waals surface area contributed by atoms with Crippen LogP contribution in [0.2, 0.25) is 0 Å². The summed E-state index contributed by atoms with van der Waals surface area (Å²) in [5.41, 5.74) is 0. The van der Waals surface area contributed by atoms with Gasteiger partial charge in [0.25, 0.3) is 0 Å². The first kappa shape index (κ1) is 47.4. The zero-order valence-corrected chi connectivity index (χ0v) is 21.9. The van der Waals surface area contributed by atoms with Crippen molar-refractivity contribution in [1.29, 1.82) is 0 Å². The molecular formula is C30H58O2. The average molecular weight is 451 g/mol. The van der Waals surface area contributed by atoms with Crippen molar-refractivity contribution < 1.29 is 9.90 Å². The number of hydrogen-bond acceptors (Lipinski definition) is 1. The van der Waals surface area contributed by atoms with Crippen LogP contribution in [-0.4, -0.2) is 11.1 Å². The molecule has 0 heterocycles. The second-order valence-corrected chi connectivity index (χ2v) is 5.73. The molecule has 0 fully saturated rings. The minimum absolute atomic E-state index is 0.332. The highest BCUT2D eigenvalue weighted by molar-refractivity contribution is 5.66. The zero-order valence-electron chi connectivity index (χ0n) is 21.9. The van der Waals surface area contributed by atoms with Crippen molar-refractivity contribution in [1.82, 2.24) is 0 Å². The third-order valence-electron chi connectivity index (χ3n) is 3.65. The highest BCUT2D eigenvalue weighted by Gasteiger charge is 1.95. The van der Waals surface area contributed by atoms with Gasteiger partial charge in [-0.05, 0) is 32.1 Å². The molecule has 2 nitrogen and oxygen atoms in total. The molecule has 0 aliphatic carbocycles. The van der Waals surface area contributed by atoms with E-state index in [1.54, 1.807) is 0 Å². The van der Waals surface area contributed by atoms with Gasteiger partial charge in [-0.1, -0.05) is 70.4 Å². The van der Waals surface area contributed by atoms with E-state index in [2.05, 4.69) is 98.0 Å². The molecule has 0 spiro atoms. The summed E-state index contributed by atoms with van der Waals surface area (Å²) >= 11 is 0. The SMILES string of the molecule is C=C.C=C.C=C.C=C.C=C.C=C.CCCCCCCC/C=C\CCCCCCCC(=O)O. The van der Waals surface area contributed by atoms with Crippen molar-refractivity contribution in [3.63, 3.8) is 0 Å². The van der Waals surface area contributed by atoms with Crippen molar-refractivity contribution >= 4 is 5.97 Å². The van der Waals surface area contributed by atoms with E-state index in [-0.39, 0.29) is 0 Å². The number of carbonyl (C=O) groups is 1. The molecule has 0 radical (unpaired) electrons. The smallest absolute Gasteiger partial charge is 0.303 e. The third-order valence-corrected chi connectivity index (χ3v) is 3.65. The highest BCUT2D eigenvalue weighted by Crippen LogP contribution is 2.09. The predicted octanol–water partition coefficient (Wildman–Crippen LogP) is 10.9. The van der Waals surface area contributed by atoms with Gasteiger partial charge in [-0.15, -0.1) is 78.9 Å². The van der Waals surface area contributed by atoms with Crippen LogP contribution in [0.3, 0.4) is 0 Å². The van der Waals surface area contributed by atoms with Crippen molar-refractivity contribution in [2.45, 2.75) is 96.8 Å². The summed E-state index contributed by atoms with van der Waals surface area (Å²) in [6.45, 7) is 38.3. The second-order valence-electron chi connectivity index (χ2n) is 5.73. The quantitative estimate of drug-likeness (QED) is 0.199. The fourth-order valence-electron chi connectivity index (χ4n) is 2.35. The summed E-state index contributed by atoms with van der Waals surface area (Å²) in [4.78, 5) is 10.3. The van der Waals surface area contributed by atoms with Crippen molar-refractivity contribution in [2.75, 3.05) is 0 Å². The van der Waals surface area contributed by atoms with Crippen LogP contribution >= 0.6 is 0 Å². The van der Waals surface area contributed by atoms with Crippen LogP contribution in [0.1, 0.15) is 96.8 Å². The zero-order chi connectivity index (χ0) is 26.9. The number of rotatable bonds is 15. The van der Waals surface area contributed by atoms with Gasteiger partial charge in [0.2, 0.25) is 0 Å². The number of unbranched alkanes of at least 4 members (excludes halogenated alkanes) is 11. The first-order chi connectivity index (χ1) is 15.8. The maximum atomic E-state index is 10.3. The van der Waals surface area contributed by atoms with Gasteiger partial charge in [0, 0.05) is 6.42 Å². The first-order valence-electron chi connectivity index (χ1n) is 11.6. The monoisotopic (exact) mass is 450 g/mol. The van der Waals surface area contributed by atoms with E-state index < -0.39 is 5.97 Å². The lowest BCUT2D eigenvalue weighted by Gasteiger charge is -1.99. The van der Waals surface area contributed by atoms with Crippen LogP contribution in [0.4, 0.5) is 0 Å². The molecule has 0 amide bonds. The lowest BCUT2D eigenvalue weighted by atomic mass is 10.1. The van der Waals surface area contributed by atoms with Crippen molar-refractivity contribution in [3.8, 4) is 0 Å². The third kappa shape index (κ3) is 91.5. The fraction of sp³-hybridized carbons (Fsp3) is 0.500. The Morgan fingerprint density at radius 3 is 1.12 bits per heavy atom. The molecule has 0 aromatic rings. The van der Waals surface area contributed by atoms with E-state index in [9.17, 15) is 4.79 Å². The van der Waals surface area contributed by atoms with Gasteiger partial charge in [0.1, 0.15) is 0 Å². The van der Waals surface area contributed by atoms with Gasteiger partial charge in [-0.25, -0.2) is 0 Å². The molecule has 0 bridgehead atoms. The van der Waals surface area contributed by atoms with E-state index in [1.165, 1.54) is 70.6 Å². The molecule has 0 aliphatic rings. The van der Waals surface area contributed by atoms with Crippen LogP contribution in [0.15, 0.2) is 91.1 Å². The number of allylic oxidation sites excluding steroid dienone is 2. The summed E-state index contributed by atoms with van der Waals surface area (Å²) in [6.07, 6.45) is 21.2. The standard InChI is InChI=1S/C18H34O2.6C2H4/c1-2-3-4-5-6-7-8-9-10-11-12-13-14-15-16-17-18(19)20;6*1-2/h9-10H,2-8,11-17H2,1H3,(H,19,20);6*1-2H2/b10-9-;;;;;;. The number of hydrogen-bond donors (Lipinski definition) is 1. The topological polar surface area (TPSA) is 37.3 Å².